The van der Waals surface area contributed by atoms with Gasteiger partial charge in [-0.25, -0.2) is 0 Å². The molecule has 0 aromatic heterocycles. The smallest absolute Gasteiger partial charge is 0.0411 e. The predicted molar refractivity (Wildman–Crippen MR) is 134 cm³/mol. The Balaban J connectivity index is -0.0000000249. The fraction of sp³-hybridized carbons (Fsp3) is 1.00. The van der Waals surface area contributed by atoms with Crippen molar-refractivity contribution in [2.24, 2.45) is 0 Å². The van der Waals surface area contributed by atoms with Gasteiger partial charge in [0.1, 0.15) is 0 Å². The first-order chi connectivity index (χ1) is 9.29. The molecule has 0 fully saturated rings. The molecule has 0 saturated heterocycles. The van der Waals surface area contributed by atoms with Crippen LogP contribution < -0.4 is 0 Å². The average Bonchev–Trinajstić information content (AvgIpc) is 2.17. The summed E-state index contributed by atoms with van der Waals surface area (Å²) in [4.78, 5) is 0. The van der Waals surface area contributed by atoms with Gasteiger partial charge in [0.15, 0.2) is 0 Å². The van der Waals surface area contributed by atoms with Crippen LogP contribution in [0.15, 0.2) is 0 Å². The molecular formula is C15H53RfSi6. The van der Waals surface area contributed by atoms with Crippen LogP contribution in [0.25, 0.3) is 0 Å². The van der Waals surface area contributed by atoms with Crippen LogP contribution in [-0.4, -0.2) is 54.9 Å². The Labute approximate surface area is 153 Å². The van der Waals surface area contributed by atoms with Gasteiger partial charge < -0.3 is 0 Å². The third-order valence-electron chi connectivity index (χ3n) is 0. The molecule has 0 unspecified atom stereocenters. The minimum atomic E-state index is -0.611. The fourth-order valence-electron chi connectivity index (χ4n) is 0. The van der Waals surface area contributed by atoms with Crippen molar-refractivity contribution in [2.45, 2.75) is 98.2 Å². The Bertz CT molecular complexity index is 97.6. The number of rotatable bonds is 0. The quantitative estimate of drug-likeness (QED) is 0.338. The molecule has 0 nitrogen and oxygen atoms in total. The maximum absolute atomic E-state index is 2.33. The van der Waals surface area contributed by atoms with Crippen molar-refractivity contribution in [1.82, 2.24) is 0 Å². The zero-order chi connectivity index (χ0) is 19.1. The van der Waals surface area contributed by atoms with Gasteiger partial charge in [-0.05, 0) is 10.2 Å². The van der Waals surface area contributed by atoms with E-state index in [-0.39, 0.29) is 17.6 Å². The standard InChI is InChI=1S/C4H12Si.2C3H10Si.C2H8Si.C2H7Si.CH6Si.Rf/c1-5(2,3)4;2*1-4(2)3;2*1-3-2;1-2;/h1-4H3;2*4H,1-3H3;3H2,1-2H3;3H,1-2H3;1-2H3;. The minimum Gasteiger partial charge on any atom is -0.0777 e. The number of hydrogen-bond acceptors (Lipinski definition) is 0. The Morgan fingerprint density at radius 1 is 0.727 bits per heavy atom. The van der Waals surface area contributed by atoms with E-state index >= 15 is 0 Å². The first kappa shape index (κ1) is 43.2. The first-order valence-electron chi connectivity index (χ1n) is 9.03. The molecule has 22 heavy (non-hydrogen) atoms. The van der Waals surface area contributed by atoms with E-state index in [0.29, 0.717) is 9.52 Å². The van der Waals surface area contributed by atoms with Gasteiger partial charge in [0.25, 0.3) is 0 Å². The van der Waals surface area contributed by atoms with E-state index in [0.717, 1.165) is 9.52 Å². The van der Waals surface area contributed by atoms with Crippen molar-refractivity contribution >= 4 is 54.9 Å². The molecule has 0 aliphatic rings. The SMILES string of the molecule is C[SiH2]C.C[SiH3].C[SiH](C)C.C[SiH](C)C.C[SiH]C.C[Si](C)(C)C.[Rf]. The van der Waals surface area contributed by atoms with Crippen molar-refractivity contribution in [3.8, 4) is 0 Å². The van der Waals surface area contributed by atoms with Crippen molar-refractivity contribution in [3.63, 3.8) is 0 Å². The summed E-state index contributed by atoms with van der Waals surface area (Å²) < 4.78 is 0. The second kappa shape index (κ2) is 42.9. The first-order valence-corrected chi connectivity index (χ1v) is 27.1. The van der Waals surface area contributed by atoms with Gasteiger partial charge in [0.2, 0.25) is 0 Å². The molecule has 1 radical (unpaired) electrons. The van der Waals surface area contributed by atoms with Crippen molar-refractivity contribution in [3.05, 3.63) is 0 Å². The summed E-state index contributed by atoms with van der Waals surface area (Å²) >= 11 is 0. The molecule has 0 amide bonds. The van der Waals surface area contributed by atoms with Crippen LogP contribution in [0.3, 0.4) is 0 Å². The van der Waals surface area contributed by atoms with Crippen LogP contribution in [0.2, 0.25) is 98.2 Å². The van der Waals surface area contributed by atoms with Crippen LogP contribution in [0.1, 0.15) is 0 Å². The van der Waals surface area contributed by atoms with E-state index in [2.05, 4.69) is 98.2 Å². The molecule has 0 aromatic carbocycles. The molecule has 0 saturated carbocycles. The third-order valence-corrected chi connectivity index (χ3v) is 0. The molecule has 0 rings (SSSR count). The Kier molecular flexibility index (Phi) is 84.3. The van der Waals surface area contributed by atoms with Crippen LogP contribution in [0.4, 0.5) is 0 Å². The summed E-state index contributed by atoms with van der Waals surface area (Å²) in [5.74, 6) is 0. The normalized spacial score (nSPS) is 8.05. The molecule has 0 bridgehead atoms. The molecule has 139 valence electrons. The third kappa shape index (κ3) is 83300. The van der Waals surface area contributed by atoms with Gasteiger partial charge >= 0.3 is 0 Å². The van der Waals surface area contributed by atoms with E-state index in [4.69, 9.17) is 0 Å². The minimum absolute atomic E-state index is 0. The van der Waals surface area contributed by atoms with Gasteiger partial charge in [-0.2, -0.15) is 0 Å². The zero-order valence-electron chi connectivity index (χ0n) is 19.6. The van der Waals surface area contributed by atoms with Crippen LogP contribution in [-0.2, 0) is 0 Å². The van der Waals surface area contributed by atoms with E-state index in [9.17, 15) is 0 Å². The average molecular weight is 669 g/mol. The molecule has 0 N–H and O–H groups in total. The largest absolute Gasteiger partial charge is 0.0777 e. The monoisotopic (exact) mass is 668 g/mol. The molecule has 7 heteroatoms. The van der Waals surface area contributed by atoms with E-state index in [1.165, 1.54) is 10.2 Å². The Morgan fingerprint density at radius 2 is 0.727 bits per heavy atom. The van der Waals surface area contributed by atoms with Crippen molar-refractivity contribution < 1.29 is 0 Å². The van der Waals surface area contributed by atoms with Gasteiger partial charge in [-0.15, -0.1) is 0 Å². The summed E-state index contributed by atoms with van der Waals surface area (Å²) in [7, 11) is 1.58. The Hall–Kier alpha value is 0.301. The van der Waals surface area contributed by atoms with Crippen LogP contribution >= 0.6 is 0 Å². The summed E-state index contributed by atoms with van der Waals surface area (Å²) in [6.07, 6.45) is 0. The molecule has 0 aliphatic carbocycles. The molecular weight excluding hydrogens is 616 g/mol. The van der Waals surface area contributed by atoms with Gasteiger partial charge in [0, 0.05) is 44.7 Å². The van der Waals surface area contributed by atoms with Crippen molar-refractivity contribution in [2.75, 3.05) is 0 Å². The van der Waals surface area contributed by atoms with Crippen molar-refractivity contribution in [1.29, 1.82) is 0 Å². The zero-order valence-corrected chi connectivity index (χ0v) is 33.9. The van der Waals surface area contributed by atoms with E-state index in [1.807, 2.05) is 0 Å². The molecule has 0 aliphatic heterocycles. The maximum atomic E-state index is 2.33. The molecule has 0 atom stereocenters. The van der Waals surface area contributed by atoms with E-state index < -0.39 is 8.07 Å². The van der Waals surface area contributed by atoms with Crippen LogP contribution in [0.5, 0.6) is 0 Å². The number of hydrogen-bond donors (Lipinski definition) is 0. The topological polar surface area (TPSA) is 0 Å². The molecule has 0 aromatic rings. The van der Waals surface area contributed by atoms with Gasteiger partial charge in [-0.3, -0.25) is 0 Å². The second-order valence-corrected chi connectivity index (χ2v) is 23.2. The summed E-state index contributed by atoms with van der Waals surface area (Å²) in [5, 5.41) is 0. The van der Waals surface area contributed by atoms with Gasteiger partial charge in [0.05, 0.1) is 0 Å². The molecule has 0 heterocycles. The second-order valence-electron chi connectivity index (χ2n) is 7.75. The van der Waals surface area contributed by atoms with Gasteiger partial charge in [-0.1, -0.05) is 98.2 Å². The Morgan fingerprint density at radius 3 is 0.727 bits per heavy atom. The fourth-order valence-corrected chi connectivity index (χ4v) is 0. The predicted octanol–water partition coefficient (Wildman–Crippen LogP) is 4.33. The van der Waals surface area contributed by atoms with E-state index in [1.54, 1.807) is 0 Å². The molecule has 0 spiro atoms. The summed E-state index contributed by atoms with van der Waals surface area (Å²) in [5.41, 5.74) is 0. The summed E-state index contributed by atoms with van der Waals surface area (Å²) in [6, 6.07) is 0. The van der Waals surface area contributed by atoms with Crippen LogP contribution in [0, 0.1) is 0 Å². The summed E-state index contributed by atoms with van der Waals surface area (Å²) in [6.45, 7) is 34.2. The maximum Gasteiger partial charge on any atom is 0.0411 e.